The number of rotatable bonds is 4. The molecule has 16 heavy (non-hydrogen) atoms. The lowest BCUT2D eigenvalue weighted by Crippen LogP contribution is -2.31. The molecular weight excluding hydrogens is 231 g/mol. The van der Waals surface area contributed by atoms with Crippen molar-refractivity contribution in [3.8, 4) is 0 Å². The second-order valence-corrected chi connectivity index (χ2v) is 3.80. The Labute approximate surface area is 99.2 Å². The van der Waals surface area contributed by atoms with Crippen LogP contribution in [0.4, 0.5) is 10.1 Å². The molecule has 0 saturated heterocycles. The molecule has 0 fully saturated rings. The highest BCUT2D eigenvalue weighted by Gasteiger charge is 2.06. The number of carbonyl (C=O) groups excluding carboxylic acids is 1. The number of nitrogens with one attached hydrogen (secondary N) is 1. The van der Waals surface area contributed by atoms with E-state index in [1.807, 2.05) is 6.92 Å². The molecule has 0 aromatic heterocycles. The monoisotopic (exact) mass is 244 g/mol. The molecule has 0 aliphatic heterocycles. The van der Waals surface area contributed by atoms with Crippen LogP contribution in [-0.2, 0) is 4.79 Å². The minimum Gasteiger partial charge on any atom is -0.376 e. The van der Waals surface area contributed by atoms with Gasteiger partial charge in [0.1, 0.15) is 5.82 Å². The molecule has 0 aliphatic carbocycles. The van der Waals surface area contributed by atoms with Crippen molar-refractivity contribution in [3.63, 3.8) is 0 Å². The van der Waals surface area contributed by atoms with Gasteiger partial charge in [-0.1, -0.05) is 11.6 Å². The third-order valence-corrected chi connectivity index (χ3v) is 2.57. The minimum absolute atomic E-state index is 0.0436. The van der Waals surface area contributed by atoms with E-state index in [1.165, 1.54) is 12.1 Å². The van der Waals surface area contributed by atoms with Gasteiger partial charge in [0, 0.05) is 19.3 Å². The summed E-state index contributed by atoms with van der Waals surface area (Å²) in [6.45, 7) is 2.68. The molecule has 1 N–H and O–H groups in total. The summed E-state index contributed by atoms with van der Waals surface area (Å²) >= 11 is 5.54. The van der Waals surface area contributed by atoms with Crippen LogP contribution in [-0.4, -0.2) is 30.9 Å². The van der Waals surface area contributed by atoms with E-state index < -0.39 is 5.82 Å². The quantitative estimate of drug-likeness (QED) is 0.882. The zero-order chi connectivity index (χ0) is 12.1. The molecule has 0 bridgehead atoms. The predicted molar refractivity (Wildman–Crippen MR) is 63.2 cm³/mol. The Morgan fingerprint density at radius 2 is 2.25 bits per heavy atom. The fraction of sp³-hybridized carbons (Fsp3) is 0.364. The van der Waals surface area contributed by atoms with Crippen LogP contribution < -0.4 is 5.32 Å². The van der Waals surface area contributed by atoms with E-state index in [0.717, 1.165) is 0 Å². The normalized spacial score (nSPS) is 10.0. The first-order valence-corrected chi connectivity index (χ1v) is 5.35. The lowest BCUT2D eigenvalue weighted by atomic mass is 10.3. The Hall–Kier alpha value is -1.29. The largest absolute Gasteiger partial charge is 0.376 e. The van der Waals surface area contributed by atoms with Gasteiger partial charge >= 0.3 is 0 Å². The Morgan fingerprint density at radius 1 is 1.56 bits per heavy atom. The van der Waals surface area contributed by atoms with E-state index in [1.54, 1.807) is 18.0 Å². The molecule has 1 amide bonds. The third kappa shape index (κ3) is 3.38. The summed E-state index contributed by atoms with van der Waals surface area (Å²) in [6.07, 6.45) is 0. The molecule has 0 radical (unpaired) electrons. The van der Waals surface area contributed by atoms with Gasteiger partial charge < -0.3 is 10.2 Å². The van der Waals surface area contributed by atoms with Gasteiger partial charge in [0.05, 0.1) is 11.6 Å². The van der Waals surface area contributed by atoms with Crippen molar-refractivity contribution in [2.75, 3.05) is 25.5 Å². The summed E-state index contributed by atoms with van der Waals surface area (Å²) in [4.78, 5) is 13.0. The van der Waals surface area contributed by atoms with Gasteiger partial charge in [-0.3, -0.25) is 4.79 Å². The van der Waals surface area contributed by atoms with E-state index in [4.69, 9.17) is 11.6 Å². The number of amides is 1. The van der Waals surface area contributed by atoms with E-state index in [9.17, 15) is 9.18 Å². The van der Waals surface area contributed by atoms with Crippen LogP contribution >= 0.6 is 11.6 Å². The number of likely N-dealkylation sites (N-methyl/N-ethyl adjacent to an activating group) is 1. The van der Waals surface area contributed by atoms with Gasteiger partial charge in [-0.25, -0.2) is 4.39 Å². The van der Waals surface area contributed by atoms with Crippen LogP contribution in [0.3, 0.4) is 0 Å². The topological polar surface area (TPSA) is 32.3 Å². The number of halogens is 2. The fourth-order valence-corrected chi connectivity index (χ4v) is 1.21. The average molecular weight is 245 g/mol. The number of hydrogen-bond acceptors (Lipinski definition) is 2. The van der Waals surface area contributed by atoms with Crippen LogP contribution in [0.15, 0.2) is 18.2 Å². The maximum absolute atomic E-state index is 13.1. The van der Waals surface area contributed by atoms with Gasteiger partial charge in [-0.15, -0.1) is 0 Å². The van der Waals surface area contributed by atoms with Crippen molar-refractivity contribution in [3.05, 3.63) is 29.0 Å². The molecule has 1 rings (SSSR count). The van der Waals surface area contributed by atoms with Gasteiger partial charge in [0.2, 0.25) is 5.91 Å². The van der Waals surface area contributed by atoms with Gasteiger partial charge in [-0.2, -0.15) is 0 Å². The highest BCUT2D eigenvalue weighted by atomic mass is 35.5. The summed E-state index contributed by atoms with van der Waals surface area (Å²) in [7, 11) is 1.71. The highest BCUT2D eigenvalue weighted by Crippen LogP contribution is 2.18. The molecule has 1 aromatic rings. The van der Waals surface area contributed by atoms with Crippen LogP contribution in [0.1, 0.15) is 6.92 Å². The Kier molecular flexibility index (Phi) is 4.55. The number of nitrogens with zero attached hydrogens (tertiary/aromatic N) is 1. The van der Waals surface area contributed by atoms with Crippen molar-refractivity contribution in [1.29, 1.82) is 0 Å². The van der Waals surface area contributed by atoms with Crippen molar-refractivity contribution in [1.82, 2.24) is 4.90 Å². The number of benzene rings is 1. The second kappa shape index (κ2) is 5.70. The Bertz CT molecular complexity index is 384. The molecule has 5 heteroatoms. The molecule has 0 heterocycles. The summed E-state index contributed by atoms with van der Waals surface area (Å²) in [5.74, 6) is -0.541. The zero-order valence-electron chi connectivity index (χ0n) is 9.26. The smallest absolute Gasteiger partial charge is 0.241 e. The molecule has 88 valence electrons. The lowest BCUT2D eigenvalue weighted by Gasteiger charge is -2.15. The maximum Gasteiger partial charge on any atom is 0.241 e. The molecule has 3 nitrogen and oxygen atoms in total. The Balaban J connectivity index is 2.55. The van der Waals surface area contributed by atoms with Crippen molar-refractivity contribution < 1.29 is 9.18 Å². The predicted octanol–water partition coefficient (Wildman–Crippen LogP) is 2.37. The van der Waals surface area contributed by atoms with Gasteiger partial charge in [0.25, 0.3) is 0 Å². The fourth-order valence-electron chi connectivity index (χ4n) is 1.10. The molecular formula is C11H14ClFN2O. The first-order chi connectivity index (χ1) is 7.54. The zero-order valence-corrected chi connectivity index (χ0v) is 10.0. The third-order valence-electron chi connectivity index (χ3n) is 2.26. The molecule has 0 atom stereocenters. The number of carbonyl (C=O) groups is 1. The standard InChI is InChI=1S/C11H14ClFN2O/c1-3-15(2)11(16)7-14-8-4-5-9(12)10(13)6-8/h4-6,14H,3,7H2,1-2H3. The summed E-state index contributed by atoms with van der Waals surface area (Å²) < 4.78 is 13.1. The molecule has 0 spiro atoms. The molecule has 0 aliphatic rings. The van der Waals surface area contributed by atoms with Crippen molar-refractivity contribution >= 4 is 23.2 Å². The molecule has 0 saturated carbocycles. The summed E-state index contributed by atoms with van der Waals surface area (Å²) in [5, 5.41) is 2.91. The first kappa shape index (κ1) is 12.8. The Morgan fingerprint density at radius 3 is 2.81 bits per heavy atom. The van der Waals surface area contributed by atoms with E-state index >= 15 is 0 Å². The lowest BCUT2D eigenvalue weighted by molar-refractivity contribution is -0.127. The average Bonchev–Trinajstić information content (AvgIpc) is 2.29. The molecule has 1 aromatic carbocycles. The van der Waals surface area contributed by atoms with Crippen molar-refractivity contribution in [2.45, 2.75) is 6.92 Å². The van der Waals surface area contributed by atoms with Crippen LogP contribution in [0.2, 0.25) is 5.02 Å². The summed E-state index contributed by atoms with van der Waals surface area (Å²) in [6, 6.07) is 4.35. The van der Waals surface area contributed by atoms with E-state index in [2.05, 4.69) is 5.32 Å². The van der Waals surface area contributed by atoms with E-state index in [-0.39, 0.29) is 17.5 Å². The van der Waals surface area contributed by atoms with Gasteiger partial charge in [-0.05, 0) is 25.1 Å². The van der Waals surface area contributed by atoms with Crippen LogP contribution in [0.25, 0.3) is 0 Å². The minimum atomic E-state index is -0.497. The van der Waals surface area contributed by atoms with Crippen LogP contribution in [0.5, 0.6) is 0 Å². The van der Waals surface area contributed by atoms with Crippen LogP contribution in [0, 0.1) is 5.82 Å². The van der Waals surface area contributed by atoms with E-state index in [0.29, 0.717) is 12.2 Å². The van der Waals surface area contributed by atoms with Crippen molar-refractivity contribution in [2.24, 2.45) is 0 Å². The SMILES string of the molecule is CCN(C)C(=O)CNc1ccc(Cl)c(F)c1. The maximum atomic E-state index is 13.1. The summed E-state index contributed by atoms with van der Waals surface area (Å²) in [5.41, 5.74) is 0.541. The molecule has 0 unspecified atom stereocenters. The second-order valence-electron chi connectivity index (χ2n) is 3.39. The highest BCUT2D eigenvalue weighted by molar-refractivity contribution is 6.30. The number of anilines is 1. The van der Waals surface area contributed by atoms with Gasteiger partial charge in [0.15, 0.2) is 0 Å². The number of hydrogen-bond donors (Lipinski definition) is 1. The first-order valence-electron chi connectivity index (χ1n) is 4.97.